The van der Waals surface area contributed by atoms with Gasteiger partial charge in [-0.15, -0.1) is 0 Å². The van der Waals surface area contributed by atoms with Gasteiger partial charge in [-0.25, -0.2) is 0 Å². The molecule has 2 aliphatic carbocycles. The first-order chi connectivity index (χ1) is 7.38. The Bertz CT molecular complexity index is 386. The maximum atomic E-state index is 4.12. The summed E-state index contributed by atoms with van der Waals surface area (Å²) in [6, 6.07) is 0. The van der Waals surface area contributed by atoms with Gasteiger partial charge in [0.2, 0.25) is 0 Å². The highest BCUT2D eigenvalue weighted by molar-refractivity contribution is 5.45. The van der Waals surface area contributed by atoms with Gasteiger partial charge in [-0.05, 0) is 24.0 Å². The fourth-order valence-corrected chi connectivity index (χ4v) is 1.92. The van der Waals surface area contributed by atoms with Gasteiger partial charge in [0.05, 0.1) is 0 Å². The van der Waals surface area contributed by atoms with Crippen LogP contribution in [0.4, 0.5) is 0 Å². The number of allylic oxidation sites excluding steroid dienone is 11. The monoisotopic (exact) mass is 196 g/mol. The van der Waals surface area contributed by atoms with Crippen LogP contribution in [0.5, 0.6) is 0 Å². The lowest BCUT2D eigenvalue weighted by Gasteiger charge is -2.19. The van der Waals surface area contributed by atoms with Gasteiger partial charge in [0.1, 0.15) is 0 Å². The molecule has 0 heterocycles. The van der Waals surface area contributed by atoms with Gasteiger partial charge in [-0.3, -0.25) is 0 Å². The normalized spacial score (nSPS) is 31.3. The summed E-state index contributed by atoms with van der Waals surface area (Å²) in [6.45, 7) is 4.12. The Hall–Kier alpha value is -1.56. The molecule has 0 aliphatic heterocycles. The lowest BCUT2D eigenvalue weighted by molar-refractivity contribution is 0.775. The van der Waals surface area contributed by atoms with Gasteiger partial charge in [0.15, 0.2) is 0 Å². The average molecular weight is 196 g/mol. The van der Waals surface area contributed by atoms with E-state index in [-0.39, 0.29) is 0 Å². The maximum Gasteiger partial charge on any atom is 0.00584 e. The summed E-state index contributed by atoms with van der Waals surface area (Å²) < 4.78 is 0. The summed E-state index contributed by atoms with van der Waals surface area (Å²) in [5, 5.41) is 0. The molecule has 76 valence electrons. The van der Waals surface area contributed by atoms with Gasteiger partial charge < -0.3 is 0 Å². The van der Waals surface area contributed by atoms with Crippen LogP contribution in [0.2, 0.25) is 0 Å². The summed E-state index contributed by atoms with van der Waals surface area (Å²) in [6.07, 6.45) is 21.6. The first kappa shape index (κ1) is 9.97. The maximum absolute atomic E-state index is 4.12. The van der Waals surface area contributed by atoms with E-state index in [4.69, 9.17) is 0 Å². The molecule has 0 saturated heterocycles. The number of hydrogen-bond donors (Lipinski definition) is 0. The second kappa shape index (κ2) is 4.79. The van der Waals surface area contributed by atoms with Crippen molar-refractivity contribution in [3.63, 3.8) is 0 Å². The Labute approximate surface area is 91.7 Å². The molecular weight excluding hydrogens is 180 g/mol. The lowest BCUT2D eigenvalue weighted by Crippen LogP contribution is -2.04. The van der Waals surface area contributed by atoms with Crippen molar-refractivity contribution in [2.24, 2.45) is 5.92 Å². The van der Waals surface area contributed by atoms with E-state index in [2.05, 4.69) is 61.3 Å². The van der Waals surface area contributed by atoms with Crippen molar-refractivity contribution in [3.8, 4) is 0 Å². The number of fused-ring (bicyclic) bond motifs is 1. The zero-order valence-corrected chi connectivity index (χ0v) is 8.89. The minimum atomic E-state index is 0.513. The van der Waals surface area contributed by atoms with Crippen molar-refractivity contribution in [3.05, 3.63) is 72.4 Å². The zero-order chi connectivity index (χ0) is 10.5. The predicted molar refractivity (Wildman–Crippen MR) is 66.5 cm³/mol. The minimum absolute atomic E-state index is 0.513. The molecule has 2 rings (SSSR count). The van der Waals surface area contributed by atoms with Crippen LogP contribution in [0.25, 0.3) is 0 Å². The summed E-state index contributed by atoms with van der Waals surface area (Å²) in [5.74, 6) is 0.513. The standard InChI is InChI=1S/C15H16/c1-13-9-5-3-2-4-6-10-14-11-7-8-12-15(13)14/h2-3,5-10,12,14H,1,4,11H2/b3-2-,9-5-,10-6-. The van der Waals surface area contributed by atoms with Crippen molar-refractivity contribution in [2.45, 2.75) is 12.8 Å². The van der Waals surface area contributed by atoms with Gasteiger partial charge in [-0.2, -0.15) is 0 Å². The van der Waals surface area contributed by atoms with Crippen molar-refractivity contribution in [2.75, 3.05) is 0 Å². The van der Waals surface area contributed by atoms with Gasteiger partial charge in [0.25, 0.3) is 0 Å². The van der Waals surface area contributed by atoms with Crippen molar-refractivity contribution in [1.82, 2.24) is 0 Å². The molecule has 0 fully saturated rings. The van der Waals surface area contributed by atoms with E-state index in [0.717, 1.165) is 18.4 Å². The van der Waals surface area contributed by atoms with Gasteiger partial charge >= 0.3 is 0 Å². The van der Waals surface area contributed by atoms with E-state index >= 15 is 0 Å². The Morgan fingerprint density at radius 2 is 2.00 bits per heavy atom. The number of hydrogen-bond acceptors (Lipinski definition) is 0. The van der Waals surface area contributed by atoms with Crippen LogP contribution >= 0.6 is 0 Å². The summed E-state index contributed by atoms with van der Waals surface area (Å²) >= 11 is 0. The molecule has 0 bridgehead atoms. The molecule has 0 N–H and O–H groups in total. The van der Waals surface area contributed by atoms with E-state index in [1.807, 2.05) is 0 Å². The smallest absolute Gasteiger partial charge is 0.00584 e. The Morgan fingerprint density at radius 3 is 2.93 bits per heavy atom. The first-order valence-corrected chi connectivity index (χ1v) is 5.44. The van der Waals surface area contributed by atoms with Gasteiger partial charge in [0, 0.05) is 5.92 Å². The third-order valence-corrected chi connectivity index (χ3v) is 2.76. The van der Waals surface area contributed by atoms with E-state index < -0.39 is 0 Å². The summed E-state index contributed by atoms with van der Waals surface area (Å²) in [7, 11) is 0. The molecule has 0 saturated carbocycles. The Morgan fingerprint density at radius 1 is 1.07 bits per heavy atom. The highest BCUT2D eigenvalue weighted by Crippen LogP contribution is 2.28. The fraction of sp³-hybridized carbons (Fsp3) is 0.200. The molecule has 0 aromatic carbocycles. The fourth-order valence-electron chi connectivity index (χ4n) is 1.92. The topological polar surface area (TPSA) is 0 Å². The highest BCUT2D eigenvalue weighted by Gasteiger charge is 2.13. The third kappa shape index (κ3) is 2.47. The van der Waals surface area contributed by atoms with Crippen LogP contribution in [0.15, 0.2) is 72.4 Å². The highest BCUT2D eigenvalue weighted by atomic mass is 14.2. The van der Waals surface area contributed by atoms with Crippen LogP contribution in [0.1, 0.15) is 12.8 Å². The molecular formula is C15H16. The Kier molecular flexibility index (Phi) is 3.18. The molecule has 0 spiro atoms. The Balaban J connectivity index is 2.32. The average Bonchev–Trinajstić information content (AvgIpc) is 2.28. The predicted octanol–water partition coefficient (Wildman–Crippen LogP) is 4.12. The molecule has 0 amide bonds. The van der Waals surface area contributed by atoms with Crippen LogP contribution in [-0.4, -0.2) is 0 Å². The van der Waals surface area contributed by atoms with Crippen molar-refractivity contribution >= 4 is 0 Å². The summed E-state index contributed by atoms with van der Waals surface area (Å²) in [4.78, 5) is 0. The molecule has 2 aliphatic rings. The van der Waals surface area contributed by atoms with Gasteiger partial charge in [-0.1, -0.05) is 61.3 Å². The van der Waals surface area contributed by atoms with E-state index in [1.54, 1.807) is 0 Å². The molecule has 0 nitrogen and oxygen atoms in total. The van der Waals surface area contributed by atoms with E-state index in [1.165, 1.54) is 5.57 Å². The SMILES string of the molecule is C=C1/C=C\C=C/C/C=C\C2CC=CC=C12. The molecule has 0 aromatic heterocycles. The van der Waals surface area contributed by atoms with Crippen LogP contribution in [-0.2, 0) is 0 Å². The lowest BCUT2D eigenvalue weighted by atomic mass is 9.86. The van der Waals surface area contributed by atoms with E-state index in [9.17, 15) is 0 Å². The van der Waals surface area contributed by atoms with Crippen molar-refractivity contribution < 1.29 is 0 Å². The molecule has 0 aromatic rings. The van der Waals surface area contributed by atoms with Crippen LogP contribution in [0, 0.1) is 5.92 Å². The second-order valence-electron chi connectivity index (χ2n) is 3.87. The zero-order valence-electron chi connectivity index (χ0n) is 8.89. The van der Waals surface area contributed by atoms with Crippen molar-refractivity contribution in [1.29, 1.82) is 0 Å². The molecule has 1 unspecified atom stereocenters. The largest absolute Gasteiger partial charge is 0.0915 e. The summed E-state index contributed by atoms with van der Waals surface area (Å²) in [5.41, 5.74) is 2.47. The quantitative estimate of drug-likeness (QED) is 0.511. The molecule has 0 radical (unpaired) electrons. The molecule has 1 atom stereocenters. The molecule has 15 heavy (non-hydrogen) atoms. The van der Waals surface area contributed by atoms with E-state index in [0.29, 0.717) is 5.92 Å². The minimum Gasteiger partial charge on any atom is -0.0915 e. The van der Waals surface area contributed by atoms with Crippen LogP contribution < -0.4 is 0 Å². The third-order valence-electron chi connectivity index (χ3n) is 2.76. The van der Waals surface area contributed by atoms with Crippen LogP contribution in [0.3, 0.4) is 0 Å². The second-order valence-corrected chi connectivity index (χ2v) is 3.87. The number of rotatable bonds is 0. The first-order valence-electron chi connectivity index (χ1n) is 5.44. The molecule has 0 heteroatoms.